The Hall–Kier alpha value is -2.09. The molecular weight excluding hydrogens is 180 g/mol. The summed E-state index contributed by atoms with van der Waals surface area (Å²) in [5.41, 5.74) is 0.277. The van der Waals surface area contributed by atoms with E-state index in [1.54, 1.807) is 12.1 Å². The number of rotatable bonds is 3. The maximum Gasteiger partial charge on any atom is 0.271 e. The summed E-state index contributed by atoms with van der Waals surface area (Å²) < 4.78 is 0. The van der Waals surface area contributed by atoms with E-state index in [0.29, 0.717) is 12.4 Å². The Morgan fingerprint density at radius 3 is 2.86 bits per heavy atom. The molecule has 0 aromatic carbocycles. The van der Waals surface area contributed by atoms with Gasteiger partial charge in [-0.05, 0) is 12.1 Å². The van der Waals surface area contributed by atoms with Crippen molar-refractivity contribution in [1.82, 2.24) is 15.5 Å². The first-order valence-electron chi connectivity index (χ1n) is 4.01. The van der Waals surface area contributed by atoms with Gasteiger partial charge in [0, 0.05) is 7.05 Å². The van der Waals surface area contributed by atoms with Crippen LogP contribution in [-0.4, -0.2) is 29.7 Å². The molecule has 14 heavy (non-hydrogen) atoms. The maximum absolute atomic E-state index is 11.1. The van der Waals surface area contributed by atoms with Gasteiger partial charge in [-0.15, -0.1) is 16.6 Å². The van der Waals surface area contributed by atoms with Crippen molar-refractivity contribution >= 4 is 11.7 Å². The zero-order valence-corrected chi connectivity index (χ0v) is 7.74. The van der Waals surface area contributed by atoms with E-state index in [-0.39, 0.29) is 11.6 Å². The van der Waals surface area contributed by atoms with Gasteiger partial charge in [0.2, 0.25) is 0 Å². The lowest BCUT2D eigenvalue weighted by Crippen LogP contribution is -2.19. The van der Waals surface area contributed by atoms with Crippen molar-refractivity contribution in [3.05, 3.63) is 17.8 Å². The van der Waals surface area contributed by atoms with Crippen molar-refractivity contribution in [2.45, 2.75) is 0 Å². The van der Waals surface area contributed by atoms with Gasteiger partial charge in [-0.1, -0.05) is 5.92 Å². The summed E-state index contributed by atoms with van der Waals surface area (Å²) in [6.45, 7) is 0.383. The van der Waals surface area contributed by atoms with E-state index in [0.717, 1.165) is 0 Å². The third kappa shape index (κ3) is 2.45. The van der Waals surface area contributed by atoms with E-state index in [9.17, 15) is 4.79 Å². The summed E-state index contributed by atoms with van der Waals surface area (Å²) in [5.74, 6) is 2.70. The van der Waals surface area contributed by atoms with Gasteiger partial charge in [0.15, 0.2) is 5.69 Å². The first-order valence-corrected chi connectivity index (χ1v) is 4.01. The minimum atomic E-state index is -0.263. The molecule has 72 valence electrons. The average molecular weight is 190 g/mol. The molecular formula is C9H10N4O. The molecule has 2 N–H and O–H groups in total. The van der Waals surface area contributed by atoms with Gasteiger partial charge in [-0.2, -0.15) is 0 Å². The number of carbonyl (C=O) groups excluding carboxylic acids is 1. The third-order valence-electron chi connectivity index (χ3n) is 1.50. The van der Waals surface area contributed by atoms with Crippen LogP contribution in [0.1, 0.15) is 10.5 Å². The van der Waals surface area contributed by atoms with Gasteiger partial charge < -0.3 is 10.6 Å². The molecule has 1 aromatic heterocycles. The fraction of sp³-hybridized carbons (Fsp3) is 0.222. The summed E-state index contributed by atoms with van der Waals surface area (Å²) in [5, 5.41) is 12.8. The van der Waals surface area contributed by atoms with Crippen molar-refractivity contribution in [3.63, 3.8) is 0 Å². The van der Waals surface area contributed by atoms with Gasteiger partial charge in [0.1, 0.15) is 5.82 Å². The molecule has 1 rings (SSSR count). The largest absolute Gasteiger partial charge is 0.358 e. The molecule has 0 aliphatic heterocycles. The zero-order valence-electron chi connectivity index (χ0n) is 7.74. The van der Waals surface area contributed by atoms with E-state index in [2.05, 4.69) is 26.8 Å². The average Bonchev–Trinajstić information content (AvgIpc) is 2.26. The molecule has 1 aromatic rings. The predicted octanol–water partition coefficient (Wildman–Crippen LogP) is -0.119. The summed E-state index contributed by atoms with van der Waals surface area (Å²) >= 11 is 0. The standard InChI is InChI=1S/C9H10N4O/c1-3-6-11-8-5-4-7(12-13-8)9(14)10-2/h1,4-5H,6H2,2H3,(H,10,14)(H,11,13). The minimum Gasteiger partial charge on any atom is -0.358 e. The highest BCUT2D eigenvalue weighted by molar-refractivity contribution is 5.91. The van der Waals surface area contributed by atoms with Crippen LogP contribution >= 0.6 is 0 Å². The molecule has 0 atom stereocenters. The number of terminal acetylenes is 1. The number of hydrogen-bond donors (Lipinski definition) is 2. The molecule has 0 unspecified atom stereocenters. The molecule has 0 aliphatic carbocycles. The quantitative estimate of drug-likeness (QED) is 0.652. The molecule has 0 aliphatic rings. The number of aromatic nitrogens is 2. The Balaban J connectivity index is 2.69. The second-order valence-corrected chi connectivity index (χ2v) is 2.44. The molecule has 1 amide bonds. The zero-order chi connectivity index (χ0) is 10.4. The van der Waals surface area contributed by atoms with Crippen LogP contribution in [0.5, 0.6) is 0 Å². The van der Waals surface area contributed by atoms with Crippen molar-refractivity contribution < 1.29 is 4.79 Å². The highest BCUT2D eigenvalue weighted by Gasteiger charge is 2.04. The second kappa shape index (κ2) is 4.82. The van der Waals surface area contributed by atoms with Crippen LogP contribution in [0.3, 0.4) is 0 Å². The highest BCUT2D eigenvalue weighted by Crippen LogP contribution is 2.00. The highest BCUT2D eigenvalue weighted by atomic mass is 16.1. The van der Waals surface area contributed by atoms with Crippen molar-refractivity contribution in [2.75, 3.05) is 18.9 Å². The van der Waals surface area contributed by atoms with E-state index in [4.69, 9.17) is 6.42 Å². The molecule has 1 heterocycles. The lowest BCUT2D eigenvalue weighted by atomic mass is 10.3. The molecule has 5 heteroatoms. The molecule has 0 radical (unpaired) electrons. The molecule has 0 fully saturated rings. The summed E-state index contributed by atoms with van der Waals surface area (Å²) in [7, 11) is 1.54. The van der Waals surface area contributed by atoms with Crippen LogP contribution in [0, 0.1) is 12.3 Å². The van der Waals surface area contributed by atoms with E-state index in [1.165, 1.54) is 7.05 Å². The fourth-order valence-electron chi connectivity index (χ4n) is 0.817. The normalized spacial score (nSPS) is 8.86. The SMILES string of the molecule is C#CCNc1ccc(C(=O)NC)nn1. The summed E-state index contributed by atoms with van der Waals surface area (Å²) in [6, 6.07) is 3.22. The number of amides is 1. The van der Waals surface area contributed by atoms with E-state index < -0.39 is 0 Å². The predicted molar refractivity (Wildman–Crippen MR) is 52.7 cm³/mol. The smallest absolute Gasteiger partial charge is 0.271 e. The van der Waals surface area contributed by atoms with Gasteiger partial charge >= 0.3 is 0 Å². The molecule has 0 saturated carbocycles. The number of carbonyl (C=O) groups is 1. The Bertz CT molecular complexity index is 352. The van der Waals surface area contributed by atoms with Gasteiger partial charge in [0.05, 0.1) is 6.54 Å². The van der Waals surface area contributed by atoms with Gasteiger partial charge in [-0.25, -0.2) is 0 Å². The summed E-state index contributed by atoms with van der Waals surface area (Å²) in [4.78, 5) is 11.1. The Morgan fingerprint density at radius 2 is 2.36 bits per heavy atom. The lowest BCUT2D eigenvalue weighted by molar-refractivity contribution is 0.0957. The van der Waals surface area contributed by atoms with E-state index >= 15 is 0 Å². The molecule has 0 bridgehead atoms. The molecule has 0 spiro atoms. The first kappa shape index (κ1) is 9.99. The Kier molecular flexibility index (Phi) is 3.44. The first-order chi connectivity index (χ1) is 6.77. The number of hydrogen-bond acceptors (Lipinski definition) is 4. The Morgan fingerprint density at radius 1 is 1.57 bits per heavy atom. The van der Waals surface area contributed by atoms with Crippen LogP contribution in [0.2, 0.25) is 0 Å². The van der Waals surface area contributed by atoms with Gasteiger partial charge in [0.25, 0.3) is 5.91 Å². The number of anilines is 1. The van der Waals surface area contributed by atoms with E-state index in [1.807, 2.05) is 0 Å². The maximum atomic E-state index is 11.1. The summed E-state index contributed by atoms with van der Waals surface area (Å²) in [6.07, 6.45) is 5.05. The monoisotopic (exact) mass is 190 g/mol. The van der Waals surface area contributed by atoms with Crippen LogP contribution in [0.4, 0.5) is 5.82 Å². The van der Waals surface area contributed by atoms with Crippen LogP contribution in [-0.2, 0) is 0 Å². The number of nitrogens with one attached hydrogen (secondary N) is 2. The van der Waals surface area contributed by atoms with Crippen molar-refractivity contribution in [3.8, 4) is 12.3 Å². The lowest BCUT2D eigenvalue weighted by Gasteiger charge is -2.01. The molecule has 0 saturated heterocycles. The third-order valence-corrected chi connectivity index (χ3v) is 1.50. The minimum absolute atomic E-state index is 0.263. The molecule has 5 nitrogen and oxygen atoms in total. The second-order valence-electron chi connectivity index (χ2n) is 2.44. The van der Waals surface area contributed by atoms with Crippen LogP contribution in [0.25, 0.3) is 0 Å². The van der Waals surface area contributed by atoms with Gasteiger partial charge in [-0.3, -0.25) is 4.79 Å². The fourth-order valence-corrected chi connectivity index (χ4v) is 0.817. The van der Waals surface area contributed by atoms with Crippen molar-refractivity contribution in [2.24, 2.45) is 0 Å². The van der Waals surface area contributed by atoms with Crippen molar-refractivity contribution in [1.29, 1.82) is 0 Å². The topological polar surface area (TPSA) is 66.9 Å². The number of nitrogens with zero attached hydrogens (tertiary/aromatic N) is 2. The Labute approximate surface area is 81.9 Å². The van der Waals surface area contributed by atoms with Crippen LogP contribution < -0.4 is 10.6 Å². The van der Waals surface area contributed by atoms with Crippen LogP contribution in [0.15, 0.2) is 12.1 Å².